The van der Waals surface area contributed by atoms with Crippen molar-refractivity contribution >= 4 is 26.6 Å². The van der Waals surface area contributed by atoms with E-state index in [1.165, 1.54) is 0 Å². The average molecular weight is 347 g/mol. The maximum atomic E-state index is 11.9. The number of aromatic nitrogens is 2. The summed E-state index contributed by atoms with van der Waals surface area (Å²) in [4.78, 5) is 30.8. The number of H-pyrrole nitrogens is 1. The van der Waals surface area contributed by atoms with Gasteiger partial charge in [-0.3, -0.25) is 9.59 Å². The fourth-order valence-electron chi connectivity index (χ4n) is 2.65. The van der Waals surface area contributed by atoms with E-state index >= 15 is 0 Å². The summed E-state index contributed by atoms with van der Waals surface area (Å²) in [5.74, 6) is 0.000736. The van der Waals surface area contributed by atoms with Gasteiger partial charge in [0.1, 0.15) is 5.82 Å². The normalized spacial score (nSPS) is 18.8. The minimum atomic E-state index is -3.14. The average Bonchev–Trinajstić information content (AvgIpc) is 2.86. The molecule has 2 heterocycles. The molecule has 2 N–H and O–H groups in total. The molecule has 0 aliphatic carbocycles. The summed E-state index contributed by atoms with van der Waals surface area (Å²) in [6, 6.07) is 7.05. The molecule has 1 atom stereocenters. The van der Waals surface area contributed by atoms with Gasteiger partial charge in [0.2, 0.25) is 5.91 Å². The highest BCUT2D eigenvalue weighted by Crippen LogP contribution is 2.17. The zero-order valence-corrected chi connectivity index (χ0v) is 13.7. The van der Waals surface area contributed by atoms with Crippen LogP contribution in [0.5, 0.6) is 0 Å². The summed E-state index contributed by atoms with van der Waals surface area (Å²) in [7, 11) is -3.14. The van der Waals surface area contributed by atoms with E-state index in [1.807, 2.05) is 6.07 Å². The van der Waals surface area contributed by atoms with E-state index < -0.39 is 9.84 Å². The Morgan fingerprint density at radius 2 is 2.12 bits per heavy atom. The number of hydrogen-bond acceptors (Lipinski definition) is 5. The highest BCUT2D eigenvalue weighted by Gasteiger charge is 2.23. The monoisotopic (exact) mass is 347 g/mol. The standard InChI is InChI=1S/C16H17N3O4S/c20-15(9-11-6-8-24(22,23)10-11)17-7-5-14-18-13-4-2-1-3-12(13)16(21)19-14/h1-4,6,8,11H,5,7,9-10H2,(H,17,20)(H,18,19,21)/t11-/m1/s1. The van der Waals surface area contributed by atoms with Gasteiger partial charge < -0.3 is 10.3 Å². The Morgan fingerprint density at radius 1 is 1.33 bits per heavy atom. The third-order valence-electron chi connectivity index (χ3n) is 3.80. The SMILES string of the molecule is O=C(C[C@H]1C=CS(=O)(=O)C1)NCCc1nc2ccccc2c(=O)[nH]1. The Kier molecular flexibility index (Phi) is 4.48. The largest absolute Gasteiger partial charge is 0.356 e. The van der Waals surface area contributed by atoms with Crippen LogP contribution in [0, 0.1) is 5.92 Å². The quantitative estimate of drug-likeness (QED) is 0.820. The number of benzene rings is 1. The maximum Gasteiger partial charge on any atom is 0.258 e. The van der Waals surface area contributed by atoms with Crippen LogP contribution in [0.25, 0.3) is 10.9 Å². The highest BCUT2D eigenvalue weighted by molar-refractivity contribution is 7.94. The van der Waals surface area contributed by atoms with E-state index in [0.717, 1.165) is 5.41 Å². The van der Waals surface area contributed by atoms with Crippen LogP contribution in [0.4, 0.5) is 0 Å². The topological polar surface area (TPSA) is 109 Å². The fraction of sp³-hybridized carbons (Fsp3) is 0.312. The Morgan fingerprint density at radius 3 is 2.88 bits per heavy atom. The molecule has 0 saturated heterocycles. The predicted molar refractivity (Wildman–Crippen MR) is 90.1 cm³/mol. The lowest BCUT2D eigenvalue weighted by molar-refractivity contribution is -0.121. The van der Waals surface area contributed by atoms with Crippen LogP contribution < -0.4 is 10.9 Å². The summed E-state index contributed by atoms with van der Waals surface area (Å²) in [6.07, 6.45) is 2.08. The number of sulfone groups is 1. The van der Waals surface area contributed by atoms with Gasteiger partial charge in [-0.25, -0.2) is 13.4 Å². The number of carbonyl (C=O) groups is 1. The number of aromatic amines is 1. The van der Waals surface area contributed by atoms with Gasteiger partial charge >= 0.3 is 0 Å². The number of rotatable bonds is 5. The molecule has 1 aromatic carbocycles. The lowest BCUT2D eigenvalue weighted by Crippen LogP contribution is -2.28. The van der Waals surface area contributed by atoms with E-state index in [2.05, 4.69) is 15.3 Å². The van der Waals surface area contributed by atoms with Crippen molar-refractivity contribution in [2.75, 3.05) is 12.3 Å². The second-order valence-corrected chi connectivity index (χ2v) is 7.68. The number of nitrogens with one attached hydrogen (secondary N) is 2. The van der Waals surface area contributed by atoms with Gasteiger partial charge in [-0.05, 0) is 12.1 Å². The molecule has 1 aliphatic heterocycles. The van der Waals surface area contributed by atoms with Crippen molar-refractivity contribution in [3.63, 3.8) is 0 Å². The van der Waals surface area contributed by atoms with Crippen molar-refractivity contribution in [1.29, 1.82) is 0 Å². The van der Waals surface area contributed by atoms with Crippen LogP contribution in [0.3, 0.4) is 0 Å². The minimum absolute atomic E-state index is 0.0139. The number of allylic oxidation sites excluding steroid dienone is 1. The second-order valence-electron chi connectivity index (χ2n) is 5.75. The third-order valence-corrected chi connectivity index (χ3v) is 5.26. The van der Waals surface area contributed by atoms with Crippen molar-refractivity contribution in [2.45, 2.75) is 12.8 Å². The van der Waals surface area contributed by atoms with E-state index in [1.54, 1.807) is 24.3 Å². The molecule has 0 radical (unpaired) electrons. The first-order valence-corrected chi connectivity index (χ1v) is 9.30. The van der Waals surface area contributed by atoms with E-state index in [4.69, 9.17) is 0 Å². The summed E-state index contributed by atoms with van der Waals surface area (Å²) in [5.41, 5.74) is 0.409. The van der Waals surface area contributed by atoms with Crippen molar-refractivity contribution in [2.24, 2.45) is 5.92 Å². The minimum Gasteiger partial charge on any atom is -0.356 e. The van der Waals surface area contributed by atoms with Crippen molar-refractivity contribution < 1.29 is 13.2 Å². The van der Waals surface area contributed by atoms with Gasteiger partial charge in [-0.2, -0.15) is 0 Å². The predicted octanol–water partition coefficient (Wildman–Crippen LogP) is 0.530. The van der Waals surface area contributed by atoms with Crippen molar-refractivity contribution in [3.8, 4) is 0 Å². The first kappa shape index (κ1) is 16.4. The molecule has 126 valence electrons. The molecule has 3 rings (SSSR count). The molecular formula is C16H17N3O4S. The smallest absolute Gasteiger partial charge is 0.258 e. The second kappa shape index (κ2) is 6.56. The van der Waals surface area contributed by atoms with Crippen LogP contribution in [0.1, 0.15) is 12.2 Å². The van der Waals surface area contributed by atoms with Crippen LogP contribution in [-0.2, 0) is 21.1 Å². The lowest BCUT2D eigenvalue weighted by atomic mass is 10.1. The number of carbonyl (C=O) groups excluding carboxylic acids is 1. The third kappa shape index (κ3) is 3.88. The Hall–Kier alpha value is -2.48. The van der Waals surface area contributed by atoms with Crippen LogP contribution in [0.2, 0.25) is 0 Å². The van der Waals surface area contributed by atoms with Crippen molar-refractivity contribution in [1.82, 2.24) is 15.3 Å². The Balaban J connectivity index is 1.54. The van der Waals surface area contributed by atoms with Gasteiger partial charge in [0, 0.05) is 30.7 Å². The molecule has 8 heteroatoms. The Labute approximate surface area is 138 Å². The molecule has 24 heavy (non-hydrogen) atoms. The highest BCUT2D eigenvalue weighted by atomic mass is 32.2. The fourth-order valence-corrected chi connectivity index (χ4v) is 4.05. The summed E-state index contributed by atoms with van der Waals surface area (Å²) < 4.78 is 22.6. The van der Waals surface area contributed by atoms with Gasteiger partial charge in [0.15, 0.2) is 9.84 Å². The van der Waals surface area contributed by atoms with Gasteiger partial charge in [-0.15, -0.1) is 0 Å². The zero-order valence-electron chi connectivity index (χ0n) is 12.9. The molecule has 0 fully saturated rings. The molecule has 7 nitrogen and oxygen atoms in total. The molecule has 1 aliphatic rings. The van der Waals surface area contributed by atoms with Gasteiger partial charge in [-0.1, -0.05) is 18.2 Å². The number of hydrogen-bond donors (Lipinski definition) is 2. The molecule has 0 bridgehead atoms. The van der Waals surface area contributed by atoms with Crippen molar-refractivity contribution in [3.05, 3.63) is 51.9 Å². The zero-order chi connectivity index (χ0) is 17.2. The molecule has 1 aromatic heterocycles. The molecule has 2 aromatic rings. The maximum absolute atomic E-state index is 11.9. The first-order chi connectivity index (χ1) is 11.4. The van der Waals surface area contributed by atoms with E-state index in [9.17, 15) is 18.0 Å². The van der Waals surface area contributed by atoms with Gasteiger partial charge in [0.05, 0.1) is 16.7 Å². The van der Waals surface area contributed by atoms with Crippen LogP contribution >= 0.6 is 0 Å². The molecule has 0 unspecified atom stereocenters. The number of amides is 1. The summed E-state index contributed by atoms with van der Waals surface area (Å²) >= 11 is 0. The van der Waals surface area contributed by atoms with Crippen LogP contribution in [-0.4, -0.2) is 36.6 Å². The summed E-state index contributed by atoms with van der Waals surface area (Å²) in [6.45, 7) is 0.323. The molecule has 1 amide bonds. The van der Waals surface area contributed by atoms with E-state index in [-0.39, 0.29) is 29.6 Å². The summed E-state index contributed by atoms with van der Waals surface area (Å²) in [5, 5.41) is 4.41. The Bertz CT molecular complexity index is 963. The van der Waals surface area contributed by atoms with E-state index in [0.29, 0.717) is 29.7 Å². The lowest BCUT2D eigenvalue weighted by Gasteiger charge is -2.08. The number of nitrogens with zero attached hydrogens (tertiary/aromatic N) is 1. The number of para-hydroxylation sites is 1. The first-order valence-electron chi connectivity index (χ1n) is 7.58. The molecule has 0 saturated carbocycles. The number of fused-ring (bicyclic) bond motifs is 1. The molecule has 0 spiro atoms. The van der Waals surface area contributed by atoms with Crippen LogP contribution in [0.15, 0.2) is 40.5 Å². The van der Waals surface area contributed by atoms with Gasteiger partial charge in [0.25, 0.3) is 5.56 Å². The molecular weight excluding hydrogens is 330 g/mol.